The van der Waals surface area contributed by atoms with Gasteiger partial charge in [0.1, 0.15) is 11.5 Å². The highest BCUT2D eigenvalue weighted by Crippen LogP contribution is 2.34. The number of aryl methyl sites for hydroxylation is 2. The molecule has 0 unspecified atom stereocenters. The average molecular weight is 380 g/mol. The molecule has 2 aromatic carbocycles. The van der Waals surface area contributed by atoms with E-state index < -0.39 is 6.36 Å². The van der Waals surface area contributed by atoms with Gasteiger partial charge in [0, 0.05) is 26.2 Å². The highest BCUT2D eigenvalue weighted by Gasteiger charge is 2.31. The molecule has 27 heavy (non-hydrogen) atoms. The molecule has 1 fully saturated rings. The van der Waals surface area contributed by atoms with E-state index in [0.29, 0.717) is 0 Å². The maximum Gasteiger partial charge on any atom is 0.573 e. The lowest BCUT2D eigenvalue weighted by atomic mass is 9.93. The van der Waals surface area contributed by atoms with Gasteiger partial charge in [-0.15, -0.1) is 13.2 Å². The van der Waals surface area contributed by atoms with Crippen molar-refractivity contribution >= 4 is 0 Å². The maximum absolute atomic E-state index is 12.4. The lowest BCUT2D eigenvalue weighted by Gasteiger charge is -2.36. The number of nitrogens with zero attached hydrogens (tertiary/aromatic N) is 1. The zero-order valence-corrected chi connectivity index (χ0v) is 15.3. The van der Waals surface area contributed by atoms with Crippen LogP contribution in [0.2, 0.25) is 0 Å². The van der Waals surface area contributed by atoms with E-state index in [1.807, 2.05) is 26.0 Å². The molecule has 0 spiro atoms. The number of aromatic hydroxyl groups is 1. The van der Waals surface area contributed by atoms with Gasteiger partial charge in [0.2, 0.25) is 0 Å². The Morgan fingerprint density at radius 2 is 1.56 bits per heavy atom. The van der Waals surface area contributed by atoms with Crippen LogP contribution in [-0.2, 0) is 0 Å². The molecule has 1 saturated heterocycles. The third-order valence-electron chi connectivity index (χ3n) is 4.78. The van der Waals surface area contributed by atoms with Crippen molar-refractivity contribution in [2.24, 2.45) is 0 Å². The summed E-state index contributed by atoms with van der Waals surface area (Å²) in [6.45, 7) is 7.04. The van der Waals surface area contributed by atoms with Crippen molar-refractivity contribution in [1.82, 2.24) is 10.2 Å². The van der Waals surface area contributed by atoms with Gasteiger partial charge in [-0.1, -0.05) is 24.3 Å². The first kappa shape index (κ1) is 19.5. The number of halogens is 3. The fourth-order valence-corrected chi connectivity index (χ4v) is 3.55. The van der Waals surface area contributed by atoms with Crippen LogP contribution in [0.4, 0.5) is 13.2 Å². The molecule has 3 rings (SSSR count). The topological polar surface area (TPSA) is 44.7 Å². The SMILES string of the molecule is Cc1cc([C@H](c2ccc(OC(F)(F)F)cc2)N2CCNCC2)cc(C)c1O. The summed E-state index contributed by atoms with van der Waals surface area (Å²) in [6, 6.07) is 9.81. The van der Waals surface area contributed by atoms with E-state index in [4.69, 9.17) is 0 Å². The Hall–Kier alpha value is -2.25. The van der Waals surface area contributed by atoms with Crippen LogP contribution in [0.15, 0.2) is 36.4 Å². The number of nitrogens with one attached hydrogen (secondary N) is 1. The second kappa shape index (κ2) is 7.78. The van der Waals surface area contributed by atoms with E-state index in [2.05, 4.69) is 15.0 Å². The van der Waals surface area contributed by atoms with E-state index in [-0.39, 0.29) is 17.5 Å². The van der Waals surface area contributed by atoms with E-state index in [0.717, 1.165) is 48.4 Å². The van der Waals surface area contributed by atoms with Crippen LogP contribution in [-0.4, -0.2) is 42.5 Å². The Balaban J connectivity index is 1.97. The fraction of sp³-hybridized carbons (Fsp3) is 0.400. The quantitative estimate of drug-likeness (QED) is 0.845. The number of rotatable bonds is 4. The third-order valence-corrected chi connectivity index (χ3v) is 4.78. The van der Waals surface area contributed by atoms with Crippen LogP contribution in [0.3, 0.4) is 0 Å². The third kappa shape index (κ3) is 4.73. The first-order valence-corrected chi connectivity index (χ1v) is 8.85. The summed E-state index contributed by atoms with van der Waals surface area (Å²) in [4.78, 5) is 2.29. The van der Waals surface area contributed by atoms with Crippen LogP contribution in [0.5, 0.6) is 11.5 Å². The Kier molecular flexibility index (Phi) is 5.62. The molecule has 2 aromatic rings. The summed E-state index contributed by atoms with van der Waals surface area (Å²) in [6.07, 6.45) is -4.70. The normalized spacial score (nSPS) is 16.9. The van der Waals surface area contributed by atoms with Crippen molar-refractivity contribution < 1.29 is 23.0 Å². The summed E-state index contributed by atoms with van der Waals surface area (Å²) >= 11 is 0. The van der Waals surface area contributed by atoms with Gasteiger partial charge in [-0.2, -0.15) is 0 Å². The van der Waals surface area contributed by atoms with Crippen LogP contribution < -0.4 is 10.1 Å². The number of hydrogen-bond donors (Lipinski definition) is 2. The predicted molar refractivity (Wildman–Crippen MR) is 97.0 cm³/mol. The van der Waals surface area contributed by atoms with Crippen molar-refractivity contribution in [3.05, 3.63) is 58.7 Å². The van der Waals surface area contributed by atoms with Crippen LogP contribution >= 0.6 is 0 Å². The van der Waals surface area contributed by atoms with Crippen molar-refractivity contribution in [2.75, 3.05) is 26.2 Å². The number of alkyl halides is 3. The molecule has 0 saturated carbocycles. The summed E-state index contributed by atoms with van der Waals surface area (Å²) in [5.41, 5.74) is 3.45. The standard InChI is InChI=1S/C20H23F3N2O2/c1-13-11-16(12-14(2)19(13)26)18(25-9-7-24-8-10-25)15-3-5-17(6-4-15)27-20(21,22)23/h3-6,11-12,18,24,26H,7-10H2,1-2H3/t18-/m0/s1. The fourth-order valence-electron chi connectivity index (χ4n) is 3.55. The van der Waals surface area contributed by atoms with Crippen LogP contribution in [0.25, 0.3) is 0 Å². The molecule has 7 heteroatoms. The minimum Gasteiger partial charge on any atom is -0.507 e. The largest absolute Gasteiger partial charge is 0.573 e. The minimum atomic E-state index is -4.70. The first-order chi connectivity index (χ1) is 12.7. The number of phenols is 1. The Morgan fingerprint density at radius 1 is 1.00 bits per heavy atom. The van der Waals surface area contributed by atoms with Crippen LogP contribution in [0, 0.1) is 13.8 Å². The van der Waals surface area contributed by atoms with Crippen molar-refractivity contribution in [3.8, 4) is 11.5 Å². The Labute approximate surface area is 156 Å². The molecular weight excluding hydrogens is 357 g/mol. The zero-order chi connectivity index (χ0) is 19.6. The molecule has 4 nitrogen and oxygen atoms in total. The van der Waals surface area contributed by atoms with Gasteiger partial charge in [0.25, 0.3) is 0 Å². The molecule has 0 aliphatic carbocycles. The van der Waals surface area contributed by atoms with Crippen molar-refractivity contribution in [2.45, 2.75) is 26.3 Å². The molecule has 0 amide bonds. The Bertz CT molecular complexity index is 762. The van der Waals surface area contributed by atoms with Crippen molar-refractivity contribution in [3.63, 3.8) is 0 Å². The summed E-state index contributed by atoms with van der Waals surface area (Å²) in [7, 11) is 0. The van der Waals surface area contributed by atoms with Gasteiger partial charge >= 0.3 is 6.36 Å². The van der Waals surface area contributed by atoms with Gasteiger partial charge in [-0.3, -0.25) is 4.90 Å². The lowest BCUT2D eigenvalue weighted by molar-refractivity contribution is -0.274. The molecule has 1 heterocycles. The molecule has 0 radical (unpaired) electrons. The highest BCUT2D eigenvalue weighted by atomic mass is 19.4. The molecule has 2 N–H and O–H groups in total. The minimum absolute atomic E-state index is 0.106. The highest BCUT2D eigenvalue weighted by molar-refractivity contribution is 5.46. The molecule has 0 bridgehead atoms. The molecule has 1 aliphatic heterocycles. The number of benzene rings is 2. The van der Waals surface area contributed by atoms with E-state index in [1.165, 1.54) is 12.1 Å². The van der Waals surface area contributed by atoms with Gasteiger partial charge < -0.3 is 15.2 Å². The van der Waals surface area contributed by atoms with E-state index in [1.54, 1.807) is 12.1 Å². The molecular formula is C20H23F3N2O2. The molecule has 146 valence electrons. The number of piperazine rings is 1. The summed E-state index contributed by atoms with van der Waals surface area (Å²) < 4.78 is 41.3. The van der Waals surface area contributed by atoms with Crippen molar-refractivity contribution in [1.29, 1.82) is 0 Å². The maximum atomic E-state index is 12.4. The summed E-state index contributed by atoms with van der Waals surface area (Å²) in [5, 5.41) is 13.4. The van der Waals surface area contributed by atoms with Gasteiger partial charge in [-0.25, -0.2) is 0 Å². The zero-order valence-electron chi connectivity index (χ0n) is 15.3. The van der Waals surface area contributed by atoms with Gasteiger partial charge in [0.05, 0.1) is 6.04 Å². The molecule has 1 atom stereocenters. The molecule has 1 aliphatic rings. The van der Waals surface area contributed by atoms with E-state index in [9.17, 15) is 18.3 Å². The summed E-state index contributed by atoms with van der Waals surface area (Å²) in [5.74, 6) is 0.0371. The monoisotopic (exact) mass is 380 g/mol. The van der Waals surface area contributed by atoms with Crippen LogP contribution in [0.1, 0.15) is 28.3 Å². The van der Waals surface area contributed by atoms with Gasteiger partial charge in [-0.05, 0) is 48.2 Å². The average Bonchev–Trinajstić information content (AvgIpc) is 2.61. The lowest BCUT2D eigenvalue weighted by Crippen LogP contribution is -2.45. The van der Waals surface area contributed by atoms with E-state index >= 15 is 0 Å². The smallest absolute Gasteiger partial charge is 0.507 e. The van der Waals surface area contributed by atoms with Gasteiger partial charge in [0.15, 0.2) is 0 Å². The predicted octanol–water partition coefficient (Wildman–Crippen LogP) is 3.90. The second-order valence-electron chi connectivity index (χ2n) is 6.81. The Morgan fingerprint density at radius 3 is 2.07 bits per heavy atom. The number of hydrogen-bond acceptors (Lipinski definition) is 4. The number of ether oxygens (including phenoxy) is 1. The second-order valence-corrected chi connectivity index (χ2v) is 6.81. The first-order valence-electron chi connectivity index (χ1n) is 8.85. The number of phenolic OH excluding ortho intramolecular Hbond substituents is 1. The molecule has 0 aromatic heterocycles.